The summed E-state index contributed by atoms with van der Waals surface area (Å²) in [4.78, 5) is 27.0. The second kappa shape index (κ2) is 6.10. The Kier molecular flexibility index (Phi) is 3.84. The van der Waals surface area contributed by atoms with Crippen molar-refractivity contribution < 1.29 is 9.59 Å². The fraction of sp³-hybridized carbons (Fsp3) is 0. The molecule has 0 radical (unpaired) electrons. The number of amides is 2. The molecule has 0 fully saturated rings. The first-order valence-electron chi connectivity index (χ1n) is 6.81. The van der Waals surface area contributed by atoms with Gasteiger partial charge in [0.25, 0.3) is 11.8 Å². The van der Waals surface area contributed by atoms with Gasteiger partial charge >= 0.3 is 0 Å². The third-order valence-corrected chi connectivity index (χ3v) is 3.17. The van der Waals surface area contributed by atoms with Crippen molar-refractivity contribution in [1.29, 1.82) is 0 Å². The van der Waals surface area contributed by atoms with E-state index in [-0.39, 0.29) is 11.6 Å². The molecule has 0 saturated heterocycles. The van der Waals surface area contributed by atoms with E-state index in [2.05, 4.69) is 15.4 Å². The molecule has 2 heterocycles. The monoisotopic (exact) mass is 307 g/mol. The predicted octanol–water partition coefficient (Wildman–Crippen LogP) is 1.62. The number of aromatic nitrogens is 3. The fourth-order valence-corrected chi connectivity index (χ4v) is 2.00. The quantitative estimate of drug-likeness (QED) is 0.764. The van der Waals surface area contributed by atoms with Gasteiger partial charge in [0.1, 0.15) is 5.69 Å². The third kappa shape index (κ3) is 3.24. The van der Waals surface area contributed by atoms with Crippen molar-refractivity contribution in [3.05, 3.63) is 72.3 Å². The molecule has 0 unspecified atom stereocenters. The highest BCUT2D eigenvalue weighted by molar-refractivity contribution is 6.04. The number of primary amides is 1. The van der Waals surface area contributed by atoms with Crippen LogP contribution in [-0.2, 0) is 0 Å². The maximum atomic E-state index is 12.0. The second-order valence-electron chi connectivity index (χ2n) is 4.75. The molecular weight excluding hydrogens is 294 g/mol. The van der Waals surface area contributed by atoms with E-state index in [1.165, 1.54) is 4.68 Å². The maximum Gasteiger partial charge on any atom is 0.269 e. The minimum atomic E-state index is -0.579. The van der Waals surface area contributed by atoms with Gasteiger partial charge in [-0.25, -0.2) is 4.68 Å². The lowest BCUT2D eigenvalue weighted by atomic mass is 10.2. The van der Waals surface area contributed by atoms with Crippen LogP contribution in [0.25, 0.3) is 5.69 Å². The van der Waals surface area contributed by atoms with Gasteiger partial charge < -0.3 is 11.1 Å². The number of carbonyl (C=O) groups is 2. The van der Waals surface area contributed by atoms with E-state index in [1.54, 1.807) is 61.1 Å². The lowest BCUT2D eigenvalue weighted by molar-refractivity contribution is 0.0993. The maximum absolute atomic E-state index is 12.0. The lowest BCUT2D eigenvalue weighted by Gasteiger charge is -2.06. The van der Waals surface area contributed by atoms with Gasteiger partial charge in [-0.15, -0.1) is 0 Å². The minimum Gasteiger partial charge on any atom is -0.364 e. The highest BCUT2D eigenvalue weighted by atomic mass is 16.2. The van der Waals surface area contributed by atoms with E-state index in [0.717, 1.165) is 5.69 Å². The van der Waals surface area contributed by atoms with Crippen LogP contribution in [0.2, 0.25) is 0 Å². The fourth-order valence-electron chi connectivity index (χ4n) is 2.00. The van der Waals surface area contributed by atoms with Crippen molar-refractivity contribution in [2.24, 2.45) is 5.73 Å². The molecular formula is C16H13N5O2. The first-order chi connectivity index (χ1) is 11.1. The van der Waals surface area contributed by atoms with Gasteiger partial charge in [-0.05, 0) is 42.5 Å². The summed E-state index contributed by atoms with van der Waals surface area (Å²) in [5.74, 6) is -0.791. The smallest absolute Gasteiger partial charge is 0.269 e. The molecule has 7 nitrogen and oxygen atoms in total. The van der Waals surface area contributed by atoms with Crippen molar-refractivity contribution in [2.45, 2.75) is 0 Å². The standard InChI is InChI=1S/C16H13N5O2/c17-15(22)14-7-10-21(20-14)13-3-1-12(2-4-13)19-16(23)11-5-8-18-9-6-11/h1-10H,(H2,17,22)(H,19,23). The Morgan fingerprint density at radius 3 is 2.30 bits per heavy atom. The molecule has 7 heteroatoms. The van der Waals surface area contributed by atoms with Crippen molar-refractivity contribution in [1.82, 2.24) is 14.8 Å². The number of nitrogens with zero attached hydrogens (tertiary/aromatic N) is 3. The van der Waals surface area contributed by atoms with Crippen LogP contribution in [0.4, 0.5) is 5.69 Å². The molecule has 0 bridgehead atoms. The van der Waals surface area contributed by atoms with Gasteiger partial charge in [-0.2, -0.15) is 5.10 Å². The molecule has 2 amide bonds. The molecule has 0 aliphatic carbocycles. The molecule has 2 aromatic heterocycles. The van der Waals surface area contributed by atoms with Crippen molar-refractivity contribution in [3.8, 4) is 5.69 Å². The van der Waals surface area contributed by atoms with Gasteiger partial charge in [-0.1, -0.05) is 0 Å². The SMILES string of the molecule is NC(=O)c1ccn(-c2ccc(NC(=O)c3ccncc3)cc2)n1. The average molecular weight is 307 g/mol. The number of anilines is 1. The van der Waals surface area contributed by atoms with E-state index in [1.807, 2.05) is 0 Å². The van der Waals surface area contributed by atoms with Crippen LogP contribution in [0, 0.1) is 0 Å². The number of hydrogen-bond acceptors (Lipinski definition) is 4. The van der Waals surface area contributed by atoms with Crippen LogP contribution >= 0.6 is 0 Å². The first kappa shape index (κ1) is 14.5. The number of nitrogens with one attached hydrogen (secondary N) is 1. The van der Waals surface area contributed by atoms with E-state index >= 15 is 0 Å². The summed E-state index contributed by atoms with van der Waals surface area (Å²) in [5.41, 5.74) is 7.30. The molecule has 1 aromatic carbocycles. The number of pyridine rings is 1. The molecule has 0 atom stereocenters. The summed E-state index contributed by atoms with van der Waals surface area (Å²) >= 11 is 0. The highest BCUT2D eigenvalue weighted by Gasteiger charge is 2.07. The predicted molar refractivity (Wildman–Crippen MR) is 84.3 cm³/mol. The van der Waals surface area contributed by atoms with Crippen LogP contribution in [0.3, 0.4) is 0 Å². The van der Waals surface area contributed by atoms with Crippen molar-refractivity contribution in [3.63, 3.8) is 0 Å². The molecule has 114 valence electrons. The molecule has 3 N–H and O–H groups in total. The normalized spacial score (nSPS) is 10.3. The molecule has 3 rings (SSSR count). The van der Waals surface area contributed by atoms with E-state index in [9.17, 15) is 9.59 Å². The number of hydrogen-bond donors (Lipinski definition) is 2. The number of benzene rings is 1. The Bertz CT molecular complexity index is 840. The van der Waals surface area contributed by atoms with Gasteiger partial charge in [0.05, 0.1) is 5.69 Å². The van der Waals surface area contributed by atoms with Gasteiger partial charge in [0, 0.05) is 29.8 Å². The van der Waals surface area contributed by atoms with Crippen LogP contribution < -0.4 is 11.1 Å². The number of carbonyl (C=O) groups excluding carboxylic acids is 2. The van der Waals surface area contributed by atoms with Crippen LogP contribution in [-0.4, -0.2) is 26.6 Å². The first-order valence-corrected chi connectivity index (χ1v) is 6.81. The highest BCUT2D eigenvalue weighted by Crippen LogP contribution is 2.14. The molecule has 0 aliphatic rings. The van der Waals surface area contributed by atoms with Crippen LogP contribution in [0.15, 0.2) is 61.1 Å². The Balaban J connectivity index is 1.74. The van der Waals surface area contributed by atoms with E-state index in [4.69, 9.17) is 5.73 Å². The molecule has 0 aliphatic heterocycles. The lowest BCUT2D eigenvalue weighted by Crippen LogP contribution is -2.12. The third-order valence-electron chi connectivity index (χ3n) is 3.17. The zero-order chi connectivity index (χ0) is 16.2. The zero-order valence-electron chi connectivity index (χ0n) is 12.0. The number of rotatable bonds is 4. The Morgan fingerprint density at radius 2 is 1.70 bits per heavy atom. The summed E-state index contributed by atoms with van der Waals surface area (Å²) in [6.45, 7) is 0. The average Bonchev–Trinajstić information content (AvgIpc) is 3.07. The number of nitrogens with two attached hydrogens (primary N) is 1. The van der Waals surface area contributed by atoms with Crippen LogP contribution in [0.5, 0.6) is 0 Å². The Hall–Kier alpha value is -3.48. The summed E-state index contributed by atoms with van der Waals surface area (Å²) in [6.07, 6.45) is 4.77. The van der Waals surface area contributed by atoms with Crippen molar-refractivity contribution >= 4 is 17.5 Å². The molecule has 0 spiro atoms. The van der Waals surface area contributed by atoms with Gasteiger partial charge in [-0.3, -0.25) is 14.6 Å². The Morgan fingerprint density at radius 1 is 1.00 bits per heavy atom. The van der Waals surface area contributed by atoms with E-state index < -0.39 is 5.91 Å². The molecule has 0 saturated carbocycles. The summed E-state index contributed by atoms with van der Waals surface area (Å²) < 4.78 is 1.54. The summed E-state index contributed by atoms with van der Waals surface area (Å²) in [7, 11) is 0. The van der Waals surface area contributed by atoms with Gasteiger partial charge in [0.15, 0.2) is 0 Å². The molecule has 23 heavy (non-hydrogen) atoms. The topological polar surface area (TPSA) is 103 Å². The molecule has 3 aromatic rings. The van der Waals surface area contributed by atoms with E-state index in [0.29, 0.717) is 11.3 Å². The van der Waals surface area contributed by atoms with Crippen LogP contribution in [0.1, 0.15) is 20.8 Å². The zero-order valence-corrected chi connectivity index (χ0v) is 12.0. The minimum absolute atomic E-state index is 0.195. The van der Waals surface area contributed by atoms with Gasteiger partial charge in [0.2, 0.25) is 0 Å². The van der Waals surface area contributed by atoms with Crippen molar-refractivity contribution in [2.75, 3.05) is 5.32 Å². The summed E-state index contributed by atoms with van der Waals surface area (Å²) in [6, 6.07) is 11.9. The Labute approximate surface area is 131 Å². The largest absolute Gasteiger partial charge is 0.364 e. The summed E-state index contributed by atoms with van der Waals surface area (Å²) in [5, 5.41) is 6.86. The second-order valence-corrected chi connectivity index (χ2v) is 4.75.